The Labute approximate surface area is 407 Å². The monoisotopic (exact) mass is 904 g/mol. The van der Waals surface area contributed by atoms with Gasteiger partial charge in [-0.1, -0.05) is 254 Å². The molecule has 1 saturated heterocycles. The lowest BCUT2D eigenvalue weighted by Gasteiger charge is -2.37. The normalized spacial score (nSPS) is 13.9. The maximum Gasteiger partial charge on any atom is 0.0110 e. The highest BCUT2D eigenvalue weighted by atomic mass is 15.3. The van der Waals surface area contributed by atoms with Gasteiger partial charge in [-0.3, -0.25) is 9.80 Å². The number of rotatable bonds is 52. The Bertz CT molecular complexity index is 809. The van der Waals surface area contributed by atoms with E-state index in [0.717, 1.165) is 0 Å². The van der Waals surface area contributed by atoms with Crippen molar-refractivity contribution in [3.05, 3.63) is 0 Å². The van der Waals surface area contributed by atoms with Crippen LogP contribution >= 0.6 is 0 Å². The molecule has 1 heterocycles. The van der Waals surface area contributed by atoms with Crippen LogP contribution < -0.4 is 0 Å². The summed E-state index contributed by atoms with van der Waals surface area (Å²) < 4.78 is 0. The Morgan fingerprint density at radius 1 is 0.219 bits per heavy atom. The summed E-state index contributed by atoms with van der Waals surface area (Å²) in [6.45, 7) is 31.0. The van der Waals surface area contributed by atoms with Gasteiger partial charge in [-0.15, -0.1) is 0 Å². The van der Waals surface area contributed by atoms with Gasteiger partial charge in [0.15, 0.2) is 0 Å². The highest BCUT2D eigenvalue weighted by molar-refractivity contribution is 4.75. The Morgan fingerprint density at radius 3 is 0.625 bits per heavy atom. The van der Waals surface area contributed by atoms with Crippen molar-refractivity contribution in [1.82, 2.24) is 24.5 Å². The Hall–Kier alpha value is -0.200. The van der Waals surface area contributed by atoms with Gasteiger partial charge in [0.1, 0.15) is 0 Å². The molecule has 0 spiro atoms. The van der Waals surface area contributed by atoms with E-state index < -0.39 is 0 Å². The van der Waals surface area contributed by atoms with Crippen LogP contribution in [0.3, 0.4) is 0 Å². The first-order valence-corrected chi connectivity index (χ1v) is 29.8. The Morgan fingerprint density at radius 2 is 0.391 bits per heavy atom. The van der Waals surface area contributed by atoms with Crippen LogP contribution in [0.4, 0.5) is 0 Å². The molecule has 1 aliphatic rings. The highest BCUT2D eigenvalue weighted by Crippen LogP contribution is 2.15. The van der Waals surface area contributed by atoms with Crippen LogP contribution in [0.25, 0.3) is 0 Å². The van der Waals surface area contributed by atoms with Crippen LogP contribution in [-0.4, -0.2) is 123 Å². The quantitative estimate of drug-likeness (QED) is 0.0564. The van der Waals surface area contributed by atoms with E-state index in [2.05, 4.69) is 59.1 Å². The second-order valence-electron chi connectivity index (χ2n) is 20.9. The van der Waals surface area contributed by atoms with Gasteiger partial charge in [-0.25, -0.2) is 0 Å². The molecule has 64 heavy (non-hydrogen) atoms. The van der Waals surface area contributed by atoms with Gasteiger partial charge < -0.3 is 14.7 Å². The van der Waals surface area contributed by atoms with Gasteiger partial charge >= 0.3 is 0 Å². The fourth-order valence-corrected chi connectivity index (χ4v) is 10.1. The van der Waals surface area contributed by atoms with Crippen molar-refractivity contribution in [3.63, 3.8) is 0 Å². The summed E-state index contributed by atoms with van der Waals surface area (Å²) in [5.74, 6) is 0. The Balaban J connectivity index is 0.0000397. The summed E-state index contributed by atoms with van der Waals surface area (Å²) in [7, 11) is 0. The number of piperazine rings is 1. The molecule has 1 aliphatic heterocycles. The minimum Gasteiger partial charge on any atom is -0.302 e. The summed E-state index contributed by atoms with van der Waals surface area (Å²) in [6, 6.07) is 0. The van der Waals surface area contributed by atoms with E-state index in [4.69, 9.17) is 0 Å². The first kappa shape index (κ1) is 63.8. The van der Waals surface area contributed by atoms with E-state index >= 15 is 0 Å². The largest absolute Gasteiger partial charge is 0.302 e. The maximum absolute atomic E-state index is 2.91. The lowest BCUT2D eigenvalue weighted by molar-refractivity contribution is 0.104. The van der Waals surface area contributed by atoms with Crippen molar-refractivity contribution in [3.8, 4) is 0 Å². The molecule has 0 atom stereocenters. The molecule has 0 aromatic carbocycles. The van der Waals surface area contributed by atoms with Crippen LogP contribution in [0.1, 0.15) is 286 Å². The average molecular weight is 905 g/mol. The van der Waals surface area contributed by atoms with Gasteiger partial charge in [0.2, 0.25) is 0 Å². The minimum atomic E-state index is 0. The average Bonchev–Trinajstić information content (AvgIpc) is 3.30. The van der Waals surface area contributed by atoms with E-state index in [0.29, 0.717) is 0 Å². The van der Waals surface area contributed by atoms with Gasteiger partial charge in [-0.2, -0.15) is 0 Å². The van der Waals surface area contributed by atoms with Crippen molar-refractivity contribution in [2.75, 3.05) is 98.2 Å². The van der Waals surface area contributed by atoms with Crippen molar-refractivity contribution < 1.29 is 0 Å². The van der Waals surface area contributed by atoms with Crippen LogP contribution in [0, 0.1) is 0 Å². The van der Waals surface area contributed by atoms with Gasteiger partial charge in [0, 0.05) is 65.4 Å². The summed E-state index contributed by atoms with van der Waals surface area (Å²) in [4.78, 5) is 14.3. The highest BCUT2D eigenvalue weighted by Gasteiger charge is 2.19. The third-order valence-electron chi connectivity index (χ3n) is 14.8. The van der Waals surface area contributed by atoms with Gasteiger partial charge in [-0.05, 0) is 64.8 Å². The molecule has 0 saturated carbocycles. The fourth-order valence-electron chi connectivity index (χ4n) is 10.1. The van der Waals surface area contributed by atoms with E-state index in [1.54, 1.807) is 0 Å². The molecule has 1 rings (SSSR count). The number of nitrogens with zero attached hydrogens (tertiary/aromatic N) is 5. The van der Waals surface area contributed by atoms with Crippen molar-refractivity contribution in [2.24, 2.45) is 0 Å². The molecule has 0 aromatic heterocycles. The zero-order valence-electron chi connectivity index (χ0n) is 44.7. The lowest BCUT2D eigenvalue weighted by Crippen LogP contribution is -2.50. The number of hydrogen-bond donors (Lipinski definition) is 0. The van der Waals surface area contributed by atoms with E-state index in [-0.39, 0.29) is 7.43 Å². The molecule has 0 radical (unpaired) electrons. The predicted octanol–water partition coefficient (Wildman–Crippen LogP) is 17.1. The molecule has 0 N–H and O–H groups in total. The topological polar surface area (TPSA) is 16.2 Å². The molecule has 0 aromatic rings. The second kappa shape index (κ2) is 52.2. The molecule has 386 valence electrons. The lowest BCUT2D eigenvalue weighted by atomic mass is 10.1. The summed E-state index contributed by atoms with van der Waals surface area (Å²) >= 11 is 0. The number of hydrogen-bond acceptors (Lipinski definition) is 5. The predicted molar refractivity (Wildman–Crippen MR) is 293 cm³/mol. The zero-order chi connectivity index (χ0) is 45.4. The van der Waals surface area contributed by atoms with Crippen LogP contribution in [0.2, 0.25) is 0 Å². The number of unbranched alkanes of at least 4 members (excludes halogenated alkanes) is 33. The van der Waals surface area contributed by atoms with Crippen molar-refractivity contribution in [1.29, 1.82) is 0 Å². The summed E-state index contributed by atoms with van der Waals surface area (Å²) in [6.07, 6.45) is 54.2. The Kier molecular flexibility index (Phi) is 52.0. The molecule has 1 fully saturated rings. The molecule has 0 bridgehead atoms. The molecular weight excluding hydrogens is 779 g/mol. The standard InChI is InChI=1S/C58H121N5.CH4/c1-6-11-16-21-24-27-30-33-36-41-46-60(47-42-37-34-31-28-25-22-17-12-7-2)49-51-61(48-43-38-35-32-29-26-23-18-13-8-3)52-54-63-57-55-62(56-58-63)53-50-59(44-39-19-14-9-4)45-40-20-15-10-5;/h6-58H2,1-5H3;1H4. The van der Waals surface area contributed by atoms with Crippen molar-refractivity contribution in [2.45, 2.75) is 286 Å². The fraction of sp³-hybridized carbons (Fsp3) is 1.00. The molecule has 0 amide bonds. The summed E-state index contributed by atoms with van der Waals surface area (Å²) in [5.41, 5.74) is 0. The first-order chi connectivity index (χ1) is 31.2. The van der Waals surface area contributed by atoms with Crippen LogP contribution in [0.5, 0.6) is 0 Å². The van der Waals surface area contributed by atoms with Gasteiger partial charge in [0.25, 0.3) is 0 Å². The molecule has 0 unspecified atom stereocenters. The third kappa shape index (κ3) is 43.1. The van der Waals surface area contributed by atoms with Gasteiger partial charge in [0.05, 0.1) is 0 Å². The smallest absolute Gasteiger partial charge is 0.0110 e. The minimum absolute atomic E-state index is 0. The first-order valence-electron chi connectivity index (χ1n) is 29.8. The summed E-state index contributed by atoms with van der Waals surface area (Å²) in [5, 5.41) is 0. The molecule has 5 heteroatoms. The molecule has 5 nitrogen and oxygen atoms in total. The van der Waals surface area contributed by atoms with E-state index in [1.807, 2.05) is 0 Å². The van der Waals surface area contributed by atoms with Crippen LogP contribution in [0.15, 0.2) is 0 Å². The van der Waals surface area contributed by atoms with Crippen LogP contribution in [-0.2, 0) is 0 Å². The third-order valence-corrected chi connectivity index (χ3v) is 14.8. The molecule has 0 aliphatic carbocycles. The zero-order valence-corrected chi connectivity index (χ0v) is 44.7. The SMILES string of the molecule is C.CCCCCCCCCCCCN(CCCCCCCCCCCC)CCN(CCCCCCCCCCCC)CCN1CCN(CCN(CCCCCC)CCCCCC)CC1. The second-order valence-corrected chi connectivity index (χ2v) is 20.9. The van der Waals surface area contributed by atoms with E-state index in [1.165, 1.54) is 342 Å². The molecular formula is C59H125N5. The maximum atomic E-state index is 2.91. The van der Waals surface area contributed by atoms with E-state index in [9.17, 15) is 0 Å². The van der Waals surface area contributed by atoms with Crippen molar-refractivity contribution >= 4 is 0 Å².